The fourth-order valence-electron chi connectivity index (χ4n) is 0.929. The summed E-state index contributed by atoms with van der Waals surface area (Å²) in [5.41, 5.74) is 3.27. The molecule has 0 N–H and O–H groups in total. The monoisotopic (exact) mass is 258 g/mol. The second-order valence-electron chi connectivity index (χ2n) is 2.39. The third-order valence-electron chi connectivity index (χ3n) is 1.45. The SMILES string of the molecule is Cc1cnc2c(c1)N=IC=C2. The minimum absolute atomic E-state index is 0.0826. The van der Waals surface area contributed by atoms with Gasteiger partial charge < -0.3 is 0 Å². The van der Waals surface area contributed by atoms with Crippen molar-refractivity contribution in [3.05, 3.63) is 27.6 Å². The van der Waals surface area contributed by atoms with Gasteiger partial charge in [0.1, 0.15) is 0 Å². The van der Waals surface area contributed by atoms with Crippen LogP contribution in [0, 0.1) is 6.92 Å². The Balaban J connectivity index is 2.63. The highest BCUT2D eigenvalue weighted by Gasteiger charge is 2.01. The predicted molar refractivity (Wildman–Crippen MR) is 54.1 cm³/mol. The molecule has 56 valence electrons. The summed E-state index contributed by atoms with van der Waals surface area (Å²) in [4.78, 5) is 4.26. The summed E-state index contributed by atoms with van der Waals surface area (Å²) in [7, 11) is 0. The highest BCUT2D eigenvalue weighted by Crippen LogP contribution is 2.28. The van der Waals surface area contributed by atoms with Crippen LogP contribution in [0.4, 0.5) is 5.69 Å². The number of hydrogen-bond acceptors (Lipinski definition) is 2. The molecule has 0 amide bonds. The Hall–Kier alpha value is -0.580. The molecule has 0 fully saturated rings. The number of pyridine rings is 1. The van der Waals surface area contributed by atoms with E-state index in [1.807, 2.05) is 13.1 Å². The molecule has 1 aliphatic rings. The molecule has 0 aliphatic carbocycles. The summed E-state index contributed by atoms with van der Waals surface area (Å²) in [5.74, 6) is 0. The van der Waals surface area contributed by atoms with Gasteiger partial charge in [0.2, 0.25) is 0 Å². The van der Waals surface area contributed by atoms with Gasteiger partial charge in [-0.15, -0.1) is 0 Å². The molecule has 1 aliphatic heterocycles. The van der Waals surface area contributed by atoms with Crippen molar-refractivity contribution >= 4 is 32.8 Å². The molecule has 2 heterocycles. The lowest BCUT2D eigenvalue weighted by atomic mass is 10.2. The first-order chi connectivity index (χ1) is 5.36. The molecule has 0 saturated carbocycles. The number of aromatic nitrogens is 1. The third-order valence-corrected chi connectivity index (χ3v) is 2.93. The number of rotatable bonds is 0. The van der Waals surface area contributed by atoms with Crippen molar-refractivity contribution in [1.82, 2.24) is 4.98 Å². The van der Waals surface area contributed by atoms with Crippen LogP contribution < -0.4 is 0 Å². The van der Waals surface area contributed by atoms with Gasteiger partial charge >= 0.3 is 0 Å². The quantitative estimate of drug-likeness (QED) is 0.656. The molecule has 2 nitrogen and oxygen atoms in total. The average molecular weight is 258 g/mol. The van der Waals surface area contributed by atoms with Crippen LogP contribution in [0.3, 0.4) is 0 Å². The van der Waals surface area contributed by atoms with Gasteiger partial charge in [-0.3, -0.25) is 4.98 Å². The Kier molecular flexibility index (Phi) is 1.81. The van der Waals surface area contributed by atoms with E-state index in [4.69, 9.17) is 0 Å². The molecule has 3 heteroatoms. The van der Waals surface area contributed by atoms with Crippen molar-refractivity contribution in [2.24, 2.45) is 3.15 Å². The van der Waals surface area contributed by atoms with Gasteiger partial charge in [0.25, 0.3) is 0 Å². The topological polar surface area (TPSA) is 25.2 Å². The fourth-order valence-corrected chi connectivity index (χ4v) is 2.28. The number of halogens is 1. The normalized spacial score (nSPS) is 13.9. The minimum Gasteiger partial charge on any atom is -0.254 e. The molecule has 1 aromatic heterocycles. The minimum atomic E-state index is -0.0826. The lowest BCUT2D eigenvalue weighted by Crippen LogP contribution is -1.83. The van der Waals surface area contributed by atoms with Gasteiger partial charge in [-0.05, 0) is 28.7 Å². The Morgan fingerprint density at radius 1 is 1.45 bits per heavy atom. The van der Waals surface area contributed by atoms with Gasteiger partial charge in [0.15, 0.2) is 0 Å². The smallest absolute Gasteiger partial charge is 0.0951 e. The first kappa shape index (κ1) is 7.09. The van der Waals surface area contributed by atoms with Crippen LogP contribution in [-0.4, -0.2) is 4.98 Å². The maximum absolute atomic E-state index is 4.41. The van der Waals surface area contributed by atoms with Crippen molar-refractivity contribution in [2.45, 2.75) is 6.92 Å². The third kappa shape index (κ3) is 1.38. The molecule has 0 spiro atoms. The maximum atomic E-state index is 4.41. The van der Waals surface area contributed by atoms with Crippen LogP contribution in [0.15, 0.2) is 19.5 Å². The van der Waals surface area contributed by atoms with Crippen LogP contribution in [-0.2, 0) is 0 Å². The molecule has 0 bridgehead atoms. The van der Waals surface area contributed by atoms with Gasteiger partial charge in [0.05, 0.1) is 11.4 Å². The van der Waals surface area contributed by atoms with E-state index in [9.17, 15) is 0 Å². The highest BCUT2D eigenvalue weighted by atomic mass is 127. The summed E-state index contributed by atoms with van der Waals surface area (Å²) in [6.45, 7) is 2.04. The van der Waals surface area contributed by atoms with Crippen LogP contribution in [0.1, 0.15) is 11.3 Å². The summed E-state index contributed by atoms with van der Waals surface area (Å²) in [5, 5.41) is 0. The zero-order valence-electron chi connectivity index (χ0n) is 6.08. The maximum Gasteiger partial charge on any atom is 0.0951 e. The van der Waals surface area contributed by atoms with E-state index in [0.717, 1.165) is 11.4 Å². The summed E-state index contributed by atoms with van der Waals surface area (Å²) < 4.78 is 6.54. The molecule has 0 atom stereocenters. The molecule has 0 unspecified atom stereocenters. The van der Waals surface area contributed by atoms with Crippen molar-refractivity contribution in [2.75, 3.05) is 0 Å². The van der Waals surface area contributed by atoms with Crippen molar-refractivity contribution in [3.63, 3.8) is 0 Å². The first-order valence-corrected chi connectivity index (χ1v) is 5.54. The van der Waals surface area contributed by atoms with E-state index in [0.29, 0.717) is 0 Å². The van der Waals surface area contributed by atoms with Gasteiger partial charge in [-0.25, -0.2) is 3.15 Å². The van der Waals surface area contributed by atoms with Crippen molar-refractivity contribution in [3.8, 4) is 0 Å². The molecule has 0 saturated heterocycles. The fraction of sp³-hybridized carbons (Fsp3) is 0.125. The van der Waals surface area contributed by atoms with Gasteiger partial charge in [0, 0.05) is 27.2 Å². The van der Waals surface area contributed by atoms with Crippen LogP contribution in [0.2, 0.25) is 0 Å². The molecule has 0 aromatic carbocycles. The highest BCUT2D eigenvalue weighted by molar-refractivity contribution is 14.2. The second kappa shape index (κ2) is 2.81. The number of nitrogens with zero attached hydrogens (tertiary/aromatic N) is 2. The average Bonchev–Trinajstić information content (AvgIpc) is 2.04. The molecule has 11 heavy (non-hydrogen) atoms. The van der Waals surface area contributed by atoms with Crippen LogP contribution >= 0.6 is 21.0 Å². The molecule has 2 rings (SSSR count). The van der Waals surface area contributed by atoms with Crippen molar-refractivity contribution < 1.29 is 0 Å². The van der Waals surface area contributed by atoms with Gasteiger partial charge in [-0.1, -0.05) is 0 Å². The number of fused-ring (bicyclic) bond motifs is 1. The Bertz CT molecular complexity index is 342. The zero-order chi connectivity index (χ0) is 7.68. The standard InChI is InChI=1S/C8H7IN2/c1-6-4-8-7(10-5-6)2-3-9-11-8/h2-5H,1H3. The lowest BCUT2D eigenvalue weighted by molar-refractivity contribution is 1.24. The molecular formula is C8H7IN2. The molecule has 1 aromatic rings. The van der Waals surface area contributed by atoms with E-state index in [1.54, 1.807) is 0 Å². The van der Waals surface area contributed by atoms with E-state index < -0.39 is 0 Å². The Morgan fingerprint density at radius 2 is 2.36 bits per heavy atom. The Labute approximate surface area is 75.5 Å². The summed E-state index contributed by atoms with van der Waals surface area (Å²) >= 11 is -0.0826. The summed E-state index contributed by atoms with van der Waals surface area (Å²) in [6, 6.07) is 2.09. The number of aryl methyl sites for hydroxylation is 1. The first-order valence-electron chi connectivity index (χ1n) is 3.33. The van der Waals surface area contributed by atoms with Gasteiger partial charge in [-0.2, -0.15) is 0 Å². The van der Waals surface area contributed by atoms with Crippen LogP contribution in [0.5, 0.6) is 0 Å². The zero-order valence-corrected chi connectivity index (χ0v) is 8.24. The lowest BCUT2D eigenvalue weighted by Gasteiger charge is -2.02. The van der Waals surface area contributed by atoms with Crippen LogP contribution in [0.25, 0.3) is 6.08 Å². The summed E-state index contributed by atoms with van der Waals surface area (Å²) in [6.07, 6.45) is 3.94. The molecular weight excluding hydrogens is 251 g/mol. The molecule has 0 radical (unpaired) electrons. The largest absolute Gasteiger partial charge is 0.254 e. The predicted octanol–water partition coefficient (Wildman–Crippen LogP) is 3.16. The van der Waals surface area contributed by atoms with Crippen molar-refractivity contribution in [1.29, 1.82) is 0 Å². The Morgan fingerprint density at radius 3 is 3.27 bits per heavy atom. The van der Waals surface area contributed by atoms with E-state index in [1.165, 1.54) is 5.56 Å². The van der Waals surface area contributed by atoms with E-state index in [2.05, 4.69) is 24.4 Å². The van der Waals surface area contributed by atoms with E-state index >= 15 is 0 Å². The van der Waals surface area contributed by atoms with E-state index in [-0.39, 0.29) is 21.0 Å². The number of hydrogen-bond donors (Lipinski definition) is 0. The second-order valence-corrected chi connectivity index (χ2v) is 4.15.